The van der Waals surface area contributed by atoms with Gasteiger partial charge in [-0.05, 0) is 20.8 Å². The maximum Gasteiger partial charge on any atom is 0.508 e. The molecule has 20 heavy (non-hydrogen) atoms. The molecular weight excluding hydrogens is 264 g/mol. The molecule has 2 heterocycles. The Balaban J connectivity index is 2.10. The standard InChI is InChI=1S/C14H22O6/c1-8(2)9(15)5-13(3)10(16)6-14(4,20-13)11-7-18-12(17)19-11/h9-11,15-16H,1,5-7H2,2-4H3. The quantitative estimate of drug-likeness (QED) is 0.595. The van der Waals surface area contributed by atoms with Gasteiger partial charge in [0.2, 0.25) is 0 Å². The van der Waals surface area contributed by atoms with E-state index in [-0.39, 0.29) is 13.0 Å². The van der Waals surface area contributed by atoms with Crippen molar-refractivity contribution in [2.45, 2.75) is 63.1 Å². The van der Waals surface area contributed by atoms with Gasteiger partial charge < -0.3 is 24.4 Å². The highest BCUT2D eigenvalue weighted by Crippen LogP contribution is 2.44. The summed E-state index contributed by atoms with van der Waals surface area (Å²) in [4.78, 5) is 11.0. The fraction of sp³-hybridized carbons (Fsp3) is 0.786. The van der Waals surface area contributed by atoms with Gasteiger partial charge >= 0.3 is 6.16 Å². The van der Waals surface area contributed by atoms with Crippen molar-refractivity contribution in [1.82, 2.24) is 0 Å². The number of rotatable bonds is 4. The zero-order valence-electron chi connectivity index (χ0n) is 12.1. The van der Waals surface area contributed by atoms with Gasteiger partial charge in [-0.2, -0.15) is 0 Å². The first-order valence-electron chi connectivity index (χ1n) is 6.71. The van der Waals surface area contributed by atoms with Crippen molar-refractivity contribution >= 4 is 6.16 Å². The molecule has 6 heteroatoms. The predicted molar refractivity (Wildman–Crippen MR) is 70.2 cm³/mol. The topological polar surface area (TPSA) is 85.2 Å². The zero-order valence-corrected chi connectivity index (χ0v) is 12.1. The molecule has 0 radical (unpaired) electrons. The molecule has 2 aliphatic rings. The second kappa shape index (κ2) is 5.02. The second-order valence-corrected chi connectivity index (χ2v) is 6.18. The highest BCUT2D eigenvalue weighted by molar-refractivity contribution is 5.62. The van der Waals surface area contributed by atoms with E-state index in [1.165, 1.54) is 0 Å². The summed E-state index contributed by atoms with van der Waals surface area (Å²) in [5.74, 6) is 0. The Morgan fingerprint density at radius 3 is 2.70 bits per heavy atom. The number of hydrogen-bond acceptors (Lipinski definition) is 6. The second-order valence-electron chi connectivity index (χ2n) is 6.18. The van der Waals surface area contributed by atoms with E-state index in [9.17, 15) is 15.0 Å². The van der Waals surface area contributed by atoms with Gasteiger partial charge in [-0.15, -0.1) is 0 Å². The molecule has 0 aromatic carbocycles. The van der Waals surface area contributed by atoms with Crippen LogP contribution in [0.1, 0.15) is 33.6 Å². The van der Waals surface area contributed by atoms with Crippen molar-refractivity contribution in [2.75, 3.05) is 6.61 Å². The molecule has 6 nitrogen and oxygen atoms in total. The zero-order chi connectivity index (χ0) is 15.1. The molecule has 2 fully saturated rings. The van der Waals surface area contributed by atoms with Gasteiger partial charge in [-0.3, -0.25) is 0 Å². The molecule has 5 atom stereocenters. The molecule has 0 aliphatic carbocycles. The lowest BCUT2D eigenvalue weighted by atomic mass is 9.87. The van der Waals surface area contributed by atoms with Gasteiger partial charge in [-0.25, -0.2) is 4.79 Å². The molecule has 0 amide bonds. The number of carbonyl (C=O) groups excluding carboxylic acids is 1. The lowest BCUT2D eigenvalue weighted by Crippen LogP contribution is -2.44. The smallest absolute Gasteiger partial charge is 0.430 e. The summed E-state index contributed by atoms with van der Waals surface area (Å²) in [7, 11) is 0. The van der Waals surface area contributed by atoms with E-state index in [2.05, 4.69) is 6.58 Å². The van der Waals surface area contributed by atoms with Crippen LogP contribution in [0, 0.1) is 0 Å². The number of hydrogen-bond donors (Lipinski definition) is 2. The third-order valence-electron chi connectivity index (χ3n) is 4.21. The Morgan fingerprint density at radius 1 is 1.55 bits per heavy atom. The lowest BCUT2D eigenvalue weighted by molar-refractivity contribution is -0.153. The van der Waals surface area contributed by atoms with Gasteiger partial charge in [0.05, 0.1) is 17.8 Å². The number of carbonyl (C=O) groups is 1. The monoisotopic (exact) mass is 286 g/mol. The summed E-state index contributed by atoms with van der Waals surface area (Å²) in [6.07, 6.45) is -2.23. The molecule has 5 unspecified atom stereocenters. The van der Waals surface area contributed by atoms with Gasteiger partial charge in [0.25, 0.3) is 0 Å². The van der Waals surface area contributed by atoms with E-state index in [1.54, 1.807) is 20.8 Å². The number of ether oxygens (including phenoxy) is 3. The molecule has 0 saturated carbocycles. The highest BCUT2D eigenvalue weighted by atomic mass is 16.8. The number of aliphatic hydroxyl groups excluding tert-OH is 2. The SMILES string of the molecule is C=C(C)C(O)CC1(C)OC(C)(C2COC(=O)O2)CC1O. The molecule has 0 aromatic heterocycles. The third kappa shape index (κ3) is 2.68. The normalized spacial score (nSPS) is 42.1. The van der Waals surface area contributed by atoms with Crippen molar-refractivity contribution in [1.29, 1.82) is 0 Å². The Bertz CT molecular complexity index is 422. The largest absolute Gasteiger partial charge is 0.508 e. The molecule has 2 N–H and O–H groups in total. The lowest BCUT2D eigenvalue weighted by Gasteiger charge is -2.34. The molecule has 0 aromatic rings. The Hall–Kier alpha value is -1.11. The predicted octanol–water partition coefficient (Wildman–Crippen LogP) is 1.15. The minimum Gasteiger partial charge on any atom is -0.430 e. The van der Waals surface area contributed by atoms with Crippen molar-refractivity contribution in [3.8, 4) is 0 Å². The van der Waals surface area contributed by atoms with Crippen molar-refractivity contribution in [2.24, 2.45) is 0 Å². The first-order valence-corrected chi connectivity index (χ1v) is 6.71. The van der Waals surface area contributed by atoms with Crippen molar-refractivity contribution < 1.29 is 29.2 Å². The first-order chi connectivity index (χ1) is 9.16. The van der Waals surface area contributed by atoms with Crippen molar-refractivity contribution in [3.63, 3.8) is 0 Å². The molecule has 0 spiro atoms. The summed E-state index contributed by atoms with van der Waals surface area (Å²) in [5, 5.41) is 20.2. The summed E-state index contributed by atoms with van der Waals surface area (Å²) < 4.78 is 15.8. The fourth-order valence-electron chi connectivity index (χ4n) is 2.80. The Labute approximate surface area is 118 Å². The van der Waals surface area contributed by atoms with Crippen LogP contribution < -0.4 is 0 Å². The summed E-state index contributed by atoms with van der Waals surface area (Å²) >= 11 is 0. The van der Waals surface area contributed by atoms with E-state index in [0.717, 1.165) is 0 Å². The summed E-state index contributed by atoms with van der Waals surface area (Å²) in [6.45, 7) is 9.06. The van der Waals surface area contributed by atoms with Crippen LogP contribution >= 0.6 is 0 Å². The van der Waals surface area contributed by atoms with E-state index in [0.29, 0.717) is 12.0 Å². The minimum absolute atomic E-state index is 0.112. The number of cyclic esters (lactones) is 2. The minimum atomic E-state index is -0.915. The van der Waals surface area contributed by atoms with Gasteiger partial charge in [0.15, 0.2) is 6.10 Å². The molecule has 0 bridgehead atoms. The highest BCUT2D eigenvalue weighted by Gasteiger charge is 2.57. The molecule has 2 rings (SSSR count). The van der Waals surface area contributed by atoms with Crippen LogP contribution in [-0.4, -0.2) is 52.5 Å². The van der Waals surface area contributed by atoms with Crippen molar-refractivity contribution in [3.05, 3.63) is 12.2 Å². The van der Waals surface area contributed by atoms with Crippen LogP contribution in [-0.2, 0) is 14.2 Å². The Kier molecular flexibility index (Phi) is 3.83. The van der Waals surface area contributed by atoms with Crippen LogP contribution in [0.3, 0.4) is 0 Å². The van der Waals surface area contributed by atoms with Gasteiger partial charge in [-0.1, -0.05) is 12.2 Å². The van der Waals surface area contributed by atoms with Gasteiger partial charge in [0.1, 0.15) is 12.2 Å². The summed E-state index contributed by atoms with van der Waals surface area (Å²) in [5.41, 5.74) is -1.12. The Morgan fingerprint density at radius 2 is 2.20 bits per heavy atom. The maximum absolute atomic E-state index is 11.0. The fourth-order valence-corrected chi connectivity index (χ4v) is 2.80. The maximum atomic E-state index is 11.0. The molecule has 2 saturated heterocycles. The van der Waals surface area contributed by atoms with Crippen LogP contribution in [0.2, 0.25) is 0 Å². The van der Waals surface area contributed by atoms with E-state index < -0.39 is 35.7 Å². The van der Waals surface area contributed by atoms with E-state index >= 15 is 0 Å². The average molecular weight is 286 g/mol. The third-order valence-corrected chi connectivity index (χ3v) is 4.21. The summed E-state index contributed by atoms with van der Waals surface area (Å²) in [6, 6.07) is 0. The van der Waals surface area contributed by atoms with Crippen LogP contribution in [0.25, 0.3) is 0 Å². The van der Waals surface area contributed by atoms with Crippen LogP contribution in [0.4, 0.5) is 4.79 Å². The molecule has 114 valence electrons. The molecule has 2 aliphatic heterocycles. The van der Waals surface area contributed by atoms with Crippen LogP contribution in [0.5, 0.6) is 0 Å². The van der Waals surface area contributed by atoms with E-state index in [1.807, 2.05) is 0 Å². The first kappa shape index (κ1) is 15.3. The van der Waals surface area contributed by atoms with Crippen LogP contribution in [0.15, 0.2) is 12.2 Å². The molecular formula is C14H22O6. The van der Waals surface area contributed by atoms with Gasteiger partial charge in [0, 0.05) is 12.8 Å². The van der Waals surface area contributed by atoms with E-state index in [4.69, 9.17) is 14.2 Å². The number of aliphatic hydroxyl groups is 2. The average Bonchev–Trinajstić information content (AvgIpc) is 2.83.